The lowest BCUT2D eigenvalue weighted by Crippen LogP contribution is -2.39. The van der Waals surface area contributed by atoms with Crippen LogP contribution >= 0.6 is 23.2 Å². The van der Waals surface area contributed by atoms with Crippen LogP contribution < -0.4 is 4.74 Å². The lowest BCUT2D eigenvalue weighted by Gasteiger charge is -2.33. The molecule has 2 fully saturated rings. The Morgan fingerprint density at radius 1 is 1.06 bits per heavy atom. The number of hydrogen-bond acceptors (Lipinski definition) is 4. The van der Waals surface area contributed by atoms with Crippen molar-refractivity contribution in [2.45, 2.75) is 50.7 Å². The van der Waals surface area contributed by atoms with Crippen molar-refractivity contribution >= 4 is 40.2 Å². The number of benzene rings is 2. The van der Waals surface area contributed by atoms with Gasteiger partial charge in [-0.3, -0.25) is 4.98 Å². The minimum absolute atomic E-state index is 0.0466. The Kier molecular flexibility index (Phi) is 7.30. The predicted octanol–water partition coefficient (Wildman–Crippen LogP) is 7.07. The second kappa shape index (κ2) is 10.6. The molecule has 5 nitrogen and oxygen atoms in total. The number of halogens is 3. The Morgan fingerprint density at radius 2 is 1.89 bits per heavy atom. The van der Waals surface area contributed by atoms with E-state index in [0.717, 1.165) is 60.1 Å². The van der Waals surface area contributed by atoms with Crippen LogP contribution in [-0.4, -0.2) is 41.3 Å². The van der Waals surface area contributed by atoms with E-state index in [9.17, 15) is 9.18 Å². The van der Waals surface area contributed by atoms with Crippen LogP contribution in [0, 0.1) is 11.7 Å². The fraction of sp³-hybridized carbons (Fsp3) is 0.407. The van der Waals surface area contributed by atoms with E-state index in [0.29, 0.717) is 18.2 Å². The molecule has 5 rings (SSSR count). The summed E-state index contributed by atoms with van der Waals surface area (Å²) in [6, 6.07) is 14.4. The first kappa shape index (κ1) is 24.1. The normalized spacial score (nSPS) is 22.4. The van der Waals surface area contributed by atoms with Crippen LogP contribution in [0.1, 0.15) is 37.8 Å². The first-order valence-corrected chi connectivity index (χ1v) is 12.8. The maximum atomic E-state index is 13.6. The molecular formula is C27H27Cl2FN2O3. The molecule has 1 saturated carbocycles. The second-order valence-corrected chi connectivity index (χ2v) is 10.2. The highest BCUT2D eigenvalue weighted by molar-refractivity contribution is 6.31. The summed E-state index contributed by atoms with van der Waals surface area (Å²) in [5, 5.41) is 1.83. The Hall–Kier alpha value is -2.57. The number of hydrogen-bond donors (Lipinski definition) is 0. The van der Waals surface area contributed by atoms with Crippen LogP contribution in [0.5, 0.6) is 5.75 Å². The van der Waals surface area contributed by atoms with E-state index < -0.39 is 5.82 Å². The molecule has 1 atom stereocenters. The quantitative estimate of drug-likeness (QED) is 0.336. The first-order chi connectivity index (χ1) is 16.9. The molecule has 0 radical (unpaired) electrons. The van der Waals surface area contributed by atoms with Gasteiger partial charge in [0, 0.05) is 28.2 Å². The number of rotatable bonds is 7. The molecule has 1 saturated heterocycles. The minimum Gasteiger partial charge on any atom is -0.490 e. The van der Waals surface area contributed by atoms with E-state index in [1.165, 1.54) is 12.1 Å². The van der Waals surface area contributed by atoms with Gasteiger partial charge in [0.05, 0.1) is 17.1 Å². The predicted molar refractivity (Wildman–Crippen MR) is 135 cm³/mol. The van der Waals surface area contributed by atoms with Crippen LogP contribution in [0.15, 0.2) is 48.5 Å². The van der Waals surface area contributed by atoms with Gasteiger partial charge in [0.2, 0.25) is 0 Å². The zero-order valence-corrected chi connectivity index (χ0v) is 20.8. The third-order valence-corrected chi connectivity index (χ3v) is 7.55. The lowest BCUT2D eigenvalue weighted by atomic mass is 9.82. The number of aryl methyl sites for hydroxylation is 1. The molecule has 2 aliphatic rings. The van der Waals surface area contributed by atoms with Gasteiger partial charge in [0.25, 0.3) is 0 Å². The smallest absolute Gasteiger partial charge is 0.410 e. The van der Waals surface area contributed by atoms with E-state index in [1.54, 1.807) is 6.07 Å². The number of carbonyl (C=O) groups is 1. The van der Waals surface area contributed by atoms with Crippen molar-refractivity contribution in [3.8, 4) is 5.75 Å². The number of pyridine rings is 1. The third-order valence-electron chi connectivity index (χ3n) is 7.00. The molecule has 184 valence electrons. The molecule has 1 aliphatic heterocycles. The van der Waals surface area contributed by atoms with Crippen molar-refractivity contribution < 1.29 is 18.7 Å². The number of nitrogens with zero attached hydrogens (tertiary/aromatic N) is 2. The first-order valence-electron chi connectivity index (χ1n) is 12.0. The fourth-order valence-electron chi connectivity index (χ4n) is 5.06. The summed E-state index contributed by atoms with van der Waals surface area (Å²) in [6.45, 7) is 0.679. The van der Waals surface area contributed by atoms with Gasteiger partial charge in [-0.15, -0.1) is 0 Å². The maximum Gasteiger partial charge on any atom is 0.410 e. The summed E-state index contributed by atoms with van der Waals surface area (Å²) >= 11 is 11.8. The number of carbonyl (C=O) groups excluding carboxylic acids is 1. The molecule has 2 heterocycles. The highest BCUT2D eigenvalue weighted by atomic mass is 35.5. The highest BCUT2D eigenvalue weighted by Gasteiger charge is 2.38. The Bertz CT molecular complexity index is 1220. The van der Waals surface area contributed by atoms with Crippen LogP contribution in [0.4, 0.5) is 9.18 Å². The van der Waals surface area contributed by atoms with Crippen molar-refractivity contribution in [2.75, 3.05) is 13.2 Å². The summed E-state index contributed by atoms with van der Waals surface area (Å²) in [7, 11) is 0. The molecule has 1 aromatic heterocycles. The molecule has 0 N–H and O–H groups in total. The lowest BCUT2D eigenvalue weighted by molar-refractivity contribution is 0.0994. The number of amides is 1. The van der Waals surface area contributed by atoms with Gasteiger partial charge in [0.1, 0.15) is 18.2 Å². The van der Waals surface area contributed by atoms with E-state index in [4.69, 9.17) is 37.7 Å². The van der Waals surface area contributed by atoms with E-state index in [2.05, 4.69) is 12.1 Å². The van der Waals surface area contributed by atoms with Crippen molar-refractivity contribution in [1.29, 1.82) is 0 Å². The van der Waals surface area contributed by atoms with Gasteiger partial charge in [-0.25, -0.2) is 9.18 Å². The van der Waals surface area contributed by atoms with E-state index in [-0.39, 0.29) is 29.9 Å². The zero-order valence-electron chi connectivity index (χ0n) is 19.3. The monoisotopic (exact) mass is 516 g/mol. The summed E-state index contributed by atoms with van der Waals surface area (Å²) in [5.41, 5.74) is 2.08. The minimum atomic E-state index is -0.535. The fourth-order valence-corrected chi connectivity index (χ4v) is 5.36. The van der Waals surface area contributed by atoms with Gasteiger partial charge >= 0.3 is 6.09 Å². The van der Waals surface area contributed by atoms with Crippen LogP contribution in [-0.2, 0) is 11.2 Å². The summed E-state index contributed by atoms with van der Waals surface area (Å²) in [5.74, 6) is 0.463. The maximum absolute atomic E-state index is 13.6. The second-order valence-electron chi connectivity index (χ2n) is 9.40. The van der Waals surface area contributed by atoms with Crippen molar-refractivity contribution in [3.63, 3.8) is 0 Å². The zero-order chi connectivity index (χ0) is 24.4. The highest BCUT2D eigenvalue weighted by Crippen LogP contribution is 2.33. The van der Waals surface area contributed by atoms with Crippen LogP contribution in [0.2, 0.25) is 10.0 Å². The standard InChI is InChI=1S/C27H27Cl2FN2O3/c28-19-5-12-26-18(13-19)4-7-20(31-26)6-1-17-2-8-21(9-3-17)32-15-23(35-27(32)33)16-34-22-10-11-24(29)25(30)14-22/h4-5,7,10-14,17,21,23H,1-3,6,8-9,15-16H2. The largest absolute Gasteiger partial charge is 0.490 e. The number of fused-ring (bicyclic) bond motifs is 1. The molecule has 8 heteroatoms. The van der Waals surface area contributed by atoms with Gasteiger partial charge in [-0.05, 0) is 80.8 Å². The molecule has 35 heavy (non-hydrogen) atoms. The molecule has 3 aromatic rings. The number of aromatic nitrogens is 1. The Balaban J connectivity index is 1.07. The Labute approximate surface area is 214 Å². The number of ether oxygens (including phenoxy) is 2. The number of cyclic esters (lactones) is 1. The van der Waals surface area contributed by atoms with Gasteiger partial charge in [0.15, 0.2) is 6.10 Å². The van der Waals surface area contributed by atoms with Crippen molar-refractivity contribution in [2.24, 2.45) is 5.92 Å². The third kappa shape index (κ3) is 5.81. The molecule has 0 spiro atoms. The molecule has 1 unspecified atom stereocenters. The average Bonchev–Trinajstić information content (AvgIpc) is 3.24. The molecule has 0 bridgehead atoms. The molecular weight excluding hydrogens is 490 g/mol. The van der Waals surface area contributed by atoms with E-state index in [1.807, 2.05) is 23.1 Å². The van der Waals surface area contributed by atoms with Crippen molar-refractivity contribution in [3.05, 3.63) is 70.1 Å². The van der Waals surface area contributed by atoms with Crippen LogP contribution in [0.3, 0.4) is 0 Å². The van der Waals surface area contributed by atoms with Gasteiger partial charge < -0.3 is 14.4 Å². The summed E-state index contributed by atoms with van der Waals surface area (Å²) in [4.78, 5) is 19.1. The average molecular weight is 517 g/mol. The van der Waals surface area contributed by atoms with Gasteiger partial charge in [-0.2, -0.15) is 0 Å². The van der Waals surface area contributed by atoms with Crippen molar-refractivity contribution in [1.82, 2.24) is 9.88 Å². The summed E-state index contributed by atoms with van der Waals surface area (Å²) < 4.78 is 24.7. The summed E-state index contributed by atoms with van der Waals surface area (Å²) in [6.07, 6.45) is 5.50. The molecule has 1 amide bonds. The van der Waals surface area contributed by atoms with Crippen LogP contribution in [0.25, 0.3) is 10.9 Å². The molecule has 2 aromatic carbocycles. The Morgan fingerprint density at radius 3 is 2.69 bits per heavy atom. The topological polar surface area (TPSA) is 51.7 Å². The van der Waals surface area contributed by atoms with E-state index >= 15 is 0 Å². The molecule has 1 aliphatic carbocycles. The SMILES string of the molecule is O=C1OC(COc2ccc(Cl)c(F)c2)CN1C1CCC(CCc2ccc3cc(Cl)ccc3n2)CC1. The van der Waals surface area contributed by atoms with Gasteiger partial charge in [-0.1, -0.05) is 29.3 Å².